The molecule has 1 aliphatic rings. The van der Waals surface area contributed by atoms with Crippen LogP contribution in [0.5, 0.6) is 0 Å². The Balaban J connectivity index is 2.29. The van der Waals surface area contributed by atoms with Gasteiger partial charge >= 0.3 is 0 Å². The molecule has 0 saturated heterocycles. The Bertz CT molecular complexity index is 466. The van der Waals surface area contributed by atoms with E-state index < -0.39 is 6.10 Å². The first-order chi connectivity index (χ1) is 10.2. The van der Waals surface area contributed by atoms with Crippen LogP contribution in [-0.4, -0.2) is 17.6 Å². The predicted molar refractivity (Wildman–Crippen MR) is 86.3 cm³/mol. The highest BCUT2D eigenvalue weighted by Gasteiger charge is 2.28. The molecule has 0 aromatic heterocycles. The topological polar surface area (TPSA) is 40.5 Å². The number of hydrogen-bond donors (Lipinski definition) is 1. The maximum atomic E-state index is 12.9. The summed E-state index contributed by atoms with van der Waals surface area (Å²) < 4.78 is 0. The third kappa shape index (κ3) is 3.65. The van der Waals surface area contributed by atoms with Crippen LogP contribution in [-0.2, 0) is 4.79 Å². The van der Waals surface area contributed by atoms with E-state index in [0.29, 0.717) is 0 Å². The van der Waals surface area contributed by atoms with Gasteiger partial charge in [-0.1, -0.05) is 44.9 Å². The van der Waals surface area contributed by atoms with Crippen LogP contribution in [0.4, 0.5) is 5.69 Å². The second-order valence-corrected chi connectivity index (χ2v) is 5.98. The molecule has 0 spiro atoms. The standard InChI is InChI=1S/C18H27NO2/c1-3-8-14(9-4-2)18(21)19-13-7-12-17(20)15-10-5-6-11-16(15)19/h5-6,10-11,14,17,20H,3-4,7-9,12-13H2,1-2H3. The van der Waals surface area contributed by atoms with E-state index in [-0.39, 0.29) is 11.8 Å². The number of carbonyl (C=O) groups excluding carboxylic acids is 1. The van der Waals surface area contributed by atoms with Gasteiger partial charge in [0.25, 0.3) is 0 Å². The number of anilines is 1. The molecule has 1 aromatic rings. The van der Waals surface area contributed by atoms with Crippen molar-refractivity contribution in [2.75, 3.05) is 11.4 Å². The van der Waals surface area contributed by atoms with E-state index >= 15 is 0 Å². The number of aliphatic hydroxyl groups is 1. The van der Waals surface area contributed by atoms with Crippen LogP contribution in [0.15, 0.2) is 24.3 Å². The van der Waals surface area contributed by atoms with Crippen LogP contribution < -0.4 is 4.90 Å². The molecule has 0 saturated carbocycles. The Hall–Kier alpha value is -1.35. The van der Waals surface area contributed by atoms with Crippen molar-refractivity contribution in [2.45, 2.75) is 58.5 Å². The molecule has 3 nitrogen and oxygen atoms in total. The van der Waals surface area contributed by atoms with Gasteiger partial charge in [0.15, 0.2) is 0 Å². The molecule has 1 heterocycles. The third-order valence-electron chi connectivity index (χ3n) is 4.34. The molecule has 0 radical (unpaired) electrons. The van der Waals surface area contributed by atoms with E-state index in [1.54, 1.807) is 0 Å². The van der Waals surface area contributed by atoms with Crippen molar-refractivity contribution < 1.29 is 9.90 Å². The van der Waals surface area contributed by atoms with Gasteiger partial charge in [0.05, 0.1) is 6.10 Å². The summed E-state index contributed by atoms with van der Waals surface area (Å²) in [6.45, 7) is 4.99. The molecule has 21 heavy (non-hydrogen) atoms. The lowest BCUT2D eigenvalue weighted by Gasteiger charge is -2.27. The lowest BCUT2D eigenvalue weighted by atomic mass is 9.96. The van der Waals surface area contributed by atoms with E-state index in [4.69, 9.17) is 0 Å². The summed E-state index contributed by atoms with van der Waals surface area (Å²) >= 11 is 0. The minimum atomic E-state index is -0.449. The molecule has 1 amide bonds. The average Bonchev–Trinajstić information content (AvgIpc) is 2.66. The number of carbonyl (C=O) groups is 1. The molecule has 0 aliphatic carbocycles. The molecular weight excluding hydrogens is 262 g/mol. The summed E-state index contributed by atoms with van der Waals surface area (Å²) in [4.78, 5) is 14.9. The van der Waals surface area contributed by atoms with Crippen molar-refractivity contribution in [1.29, 1.82) is 0 Å². The molecule has 3 heteroatoms. The fraction of sp³-hybridized carbons (Fsp3) is 0.611. The highest BCUT2D eigenvalue weighted by Crippen LogP contribution is 2.34. The van der Waals surface area contributed by atoms with Crippen LogP contribution in [0.3, 0.4) is 0 Å². The van der Waals surface area contributed by atoms with Gasteiger partial charge < -0.3 is 10.0 Å². The first-order valence-corrected chi connectivity index (χ1v) is 8.27. The first kappa shape index (κ1) is 16.0. The summed E-state index contributed by atoms with van der Waals surface area (Å²) in [5.74, 6) is 0.351. The van der Waals surface area contributed by atoms with E-state index in [2.05, 4.69) is 13.8 Å². The number of benzene rings is 1. The molecule has 1 unspecified atom stereocenters. The van der Waals surface area contributed by atoms with Gasteiger partial charge in [0, 0.05) is 23.7 Å². The lowest BCUT2D eigenvalue weighted by Crippen LogP contribution is -2.37. The minimum absolute atomic E-state index is 0.114. The van der Waals surface area contributed by atoms with E-state index in [1.807, 2.05) is 29.2 Å². The molecule has 1 aromatic carbocycles. The lowest BCUT2D eigenvalue weighted by molar-refractivity contribution is -0.122. The van der Waals surface area contributed by atoms with Crippen LogP contribution in [0.25, 0.3) is 0 Å². The smallest absolute Gasteiger partial charge is 0.230 e. The van der Waals surface area contributed by atoms with Gasteiger partial charge in [-0.15, -0.1) is 0 Å². The van der Waals surface area contributed by atoms with Crippen molar-refractivity contribution in [1.82, 2.24) is 0 Å². The molecule has 1 atom stereocenters. The molecular formula is C18H27NO2. The van der Waals surface area contributed by atoms with Crippen molar-refractivity contribution >= 4 is 11.6 Å². The summed E-state index contributed by atoms with van der Waals surface area (Å²) in [5, 5.41) is 10.2. The number of amides is 1. The van der Waals surface area contributed by atoms with Gasteiger partial charge in [-0.05, 0) is 31.7 Å². The number of para-hydroxylation sites is 1. The van der Waals surface area contributed by atoms with Crippen molar-refractivity contribution in [3.8, 4) is 0 Å². The van der Waals surface area contributed by atoms with Crippen LogP contribution in [0.2, 0.25) is 0 Å². The monoisotopic (exact) mass is 289 g/mol. The van der Waals surface area contributed by atoms with E-state index in [9.17, 15) is 9.90 Å². The quantitative estimate of drug-likeness (QED) is 0.888. The summed E-state index contributed by atoms with van der Waals surface area (Å²) in [6, 6.07) is 7.80. The zero-order chi connectivity index (χ0) is 15.2. The number of fused-ring (bicyclic) bond motifs is 1. The minimum Gasteiger partial charge on any atom is -0.388 e. The normalized spacial score (nSPS) is 18.5. The predicted octanol–water partition coefficient (Wildman–Crippen LogP) is 4.06. The largest absolute Gasteiger partial charge is 0.388 e. The van der Waals surface area contributed by atoms with Crippen LogP contribution >= 0.6 is 0 Å². The number of nitrogens with zero attached hydrogens (tertiary/aromatic N) is 1. The van der Waals surface area contributed by atoms with Crippen LogP contribution in [0, 0.1) is 5.92 Å². The molecule has 116 valence electrons. The van der Waals surface area contributed by atoms with Gasteiger partial charge in [0.1, 0.15) is 0 Å². The first-order valence-electron chi connectivity index (χ1n) is 8.27. The zero-order valence-corrected chi connectivity index (χ0v) is 13.2. The maximum Gasteiger partial charge on any atom is 0.230 e. The molecule has 2 rings (SSSR count). The Labute approximate surface area is 128 Å². The highest BCUT2D eigenvalue weighted by atomic mass is 16.3. The summed E-state index contributed by atoms with van der Waals surface area (Å²) in [7, 11) is 0. The Morgan fingerprint density at radius 3 is 2.62 bits per heavy atom. The van der Waals surface area contributed by atoms with Crippen molar-refractivity contribution in [3.63, 3.8) is 0 Å². The highest BCUT2D eigenvalue weighted by molar-refractivity contribution is 5.96. The fourth-order valence-electron chi connectivity index (χ4n) is 3.27. The van der Waals surface area contributed by atoms with Crippen molar-refractivity contribution in [2.24, 2.45) is 5.92 Å². The number of rotatable bonds is 5. The second-order valence-electron chi connectivity index (χ2n) is 5.98. The van der Waals surface area contributed by atoms with E-state index in [0.717, 1.165) is 56.3 Å². The third-order valence-corrected chi connectivity index (χ3v) is 4.34. The van der Waals surface area contributed by atoms with Gasteiger partial charge in [0.2, 0.25) is 5.91 Å². The molecule has 1 N–H and O–H groups in total. The number of hydrogen-bond acceptors (Lipinski definition) is 2. The van der Waals surface area contributed by atoms with Crippen molar-refractivity contribution in [3.05, 3.63) is 29.8 Å². The SMILES string of the molecule is CCCC(CCC)C(=O)N1CCCC(O)c2ccccc21. The summed E-state index contributed by atoms with van der Waals surface area (Å²) in [6.07, 6.45) is 5.11. The van der Waals surface area contributed by atoms with Gasteiger partial charge in [-0.2, -0.15) is 0 Å². The molecule has 0 fully saturated rings. The maximum absolute atomic E-state index is 12.9. The Kier molecular flexibility index (Phi) is 5.80. The van der Waals surface area contributed by atoms with Crippen LogP contribution in [0.1, 0.15) is 64.0 Å². The van der Waals surface area contributed by atoms with Gasteiger partial charge in [-0.25, -0.2) is 0 Å². The fourth-order valence-corrected chi connectivity index (χ4v) is 3.27. The Morgan fingerprint density at radius 1 is 1.29 bits per heavy atom. The molecule has 0 bridgehead atoms. The number of aliphatic hydroxyl groups excluding tert-OH is 1. The summed E-state index contributed by atoms with van der Waals surface area (Å²) in [5.41, 5.74) is 1.81. The zero-order valence-electron chi connectivity index (χ0n) is 13.2. The van der Waals surface area contributed by atoms with Gasteiger partial charge in [-0.3, -0.25) is 4.79 Å². The second kappa shape index (κ2) is 7.60. The average molecular weight is 289 g/mol. The molecule has 1 aliphatic heterocycles. The Morgan fingerprint density at radius 2 is 1.95 bits per heavy atom. The van der Waals surface area contributed by atoms with E-state index in [1.165, 1.54) is 0 Å².